The fourth-order valence-corrected chi connectivity index (χ4v) is 4.27. The van der Waals surface area contributed by atoms with Gasteiger partial charge in [-0.25, -0.2) is 8.42 Å². The Hall–Kier alpha value is -1.51. The number of aryl methyl sites for hydroxylation is 1. The van der Waals surface area contributed by atoms with E-state index in [4.69, 9.17) is 0 Å². The molecular formula is C14H21N3O4S. The van der Waals surface area contributed by atoms with E-state index in [1.165, 1.54) is 16.4 Å². The van der Waals surface area contributed by atoms with E-state index in [9.17, 15) is 18.5 Å². The predicted octanol–water partition coefficient (Wildman–Crippen LogP) is 1.62. The topological polar surface area (TPSA) is 83.8 Å². The molecule has 0 aromatic heterocycles. The average Bonchev–Trinajstić information content (AvgIpc) is 2.41. The lowest BCUT2D eigenvalue weighted by atomic mass is 10.2. The first kappa shape index (κ1) is 16.9. The van der Waals surface area contributed by atoms with Crippen LogP contribution in [-0.2, 0) is 10.0 Å². The minimum atomic E-state index is -3.69. The van der Waals surface area contributed by atoms with Gasteiger partial charge in [-0.3, -0.25) is 10.1 Å². The van der Waals surface area contributed by atoms with Crippen molar-refractivity contribution in [1.29, 1.82) is 0 Å². The van der Waals surface area contributed by atoms with Crippen molar-refractivity contribution in [3.05, 3.63) is 33.9 Å². The molecule has 0 saturated carbocycles. The van der Waals surface area contributed by atoms with E-state index >= 15 is 0 Å². The zero-order chi connectivity index (χ0) is 16.3. The monoisotopic (exact) mass is 327 g/mol. The van der Waals surface area contributed by atoms with Gasteiger partial charge in [-0.1, -0.05) is 0 Å². The van der Waals surface area contributed by atoms with Crippen molar-refractivity contribution in [2.75, 3.05) is 33.2 Å². The molecule has 0 atom stereocenters. The molecular weight excluding hydrogens is 306 g/mol. The van der Waals surface area contributed by atoms with Crippen molar-refractivity contribution in [3.8, 4) is 0 Å². The van der Waals surface area contributed by atoms with Gasteiger partial charge < -0.3 is 4.90 Å². The normalized spacial score (nSPS) is 18.6. The number of hydrogen-bond donors (Lipinski definition) is 0. The molecule has 0 bridgehead atoms. The Balaban J connectivity index is 2.31. The molecule has 0 N–H and O–H groups in total. The van der Waals surface area contributed by atoms with Crippen molar-refractivity contribution in [1.82, 2.24) is 9.21 Å². The van der Waals surface area contributed by atoms with Crippen LogP contribution in [0.5, 0.6) is 0 Å². The zero-order valence-electron chi connectivity index (χ0n) is 12.9. The van der Waals surface area contributed by atoms with Crippen LogP contribution in [0.25, 0.3) is 0 Å². The van der Waals surface area contributed by atoms with E-state index < -0.39 is 14.9 Å². The molecule has 1 fully saturated rings. The summed E-state index contributed by atoms with van der Waals surface area (Å²) in [5.74, 6) is 0. The number of nitro benzene ring substituents is 1. The van der Waals surface area contributed by atoms with Crippen LogP contribution in [0, 0.1) is 17.0 Å². The van der Waals surface area contributed by atoms with E-state index in [0.717, 1.165) is 32.0 Å². The second-order valence-electron chi connectivity index (χ2n) is 5.68. The Labute approximate surface area is 130 Å². The summed E-state index contributed by atoms with van der Waals surface area (Å²) in [6.07, 6.45) is 1.51. The van der Waals surface area contributed by atoms with Gasteiger partial charge in [0.15, 0.2) is 0 Å². The third-order valence-corrected chi connectivity index (χ3v) is 5.66. The second kappa shape index (κ2) is 6.72. The highest BCUT2D eigenvalue weighted by molar-refractivity contribution is 7.89. The van der Waals surface area contributed by atoms with E-state index in [1.54, 1.807) is 6.92 Å². The maximum Gasteiger partial charge on any atom is 0.271 e. The number of nitro groups is 1. The van der Waals surface area contributed by atoms with Gasteiger partial charge >= 0.3 is 0 Å². The fraction of sp³-hybridized carbons (Fsp3) is 0.571. The van der Waals surface area contributed by atoms with E-state index in [2.05, 4.69) is 4.90 Å². The highest BCUT2D eigenvalue weighted by Crippen LogP contribution is 2.24. The Morgan fingerprint density at radius 3 is 2.23 bits per heavy atom. The summed E-state index contributed by atoms with van der Waals surface area (Å²) in [4.78, 5) is 12.6. The van der Waals surface area contributed by atoms with Crippen LogP contribution in [0.2, 0.25) is 0 Å². The maximum absolute atomic E-state index is 12.8. The summed E-state index contributed by atoms with van der Waals surface area (Å²) in [5.41, 5.74) is 0.380. The molecule has 1 aromatic carbocycles. The Morgan fingerprint density at radius 2 is 1.68 bits per heavy atom. The minimum Gasteiger partial charge on any atom is -0.306 e. The van der Waals surface area contributed by atoms with E-state index in [1.807, 2.05) is 7.05 Å². The lowest BCUT2D eigenvalue weighted by Crippen LogP contribution is -2.38. The third kappa shape index (κ3) is 3.82. The molecule has 22 heavy (non-hydrogen) atoms. The van der Waals surface area contributed by atoms with Crippen LogP contribution < -0.4 is 0 Å². The molecule has 1 heterocycles. The van der Waals surface area contributed by atoms with Crippen LogP contribution in [-0.4, -0.2) is 55.8 Å². The van der Waals surface area contributed by atoms with Gasteiger partial charge in [0.1, 0.15) is 0 Å². The summed E-state index contributed by atoms with van der Waals surface area (Å²) in [6, 6.07) is 4.02. The minimum absolute atomic E-state index is 0.00753. The summed E-state index contributed by atoms with van der Waals surface area (Å²) < 4.78 is 26.9. The molecule has 1 aromatic rings. The first-order chi connectivity index (χ1) is 10.3. The highest BCUT2D eigenvalue weighted by atomic mass is 32.2. The average molecular weight is 327 g/mol. The lowest BCUT2D eigenvalue weighted by Gasteiger charge is -2.27. The SMILES string of the molecule is Cc1cc([N+](=O)[O-])cc(S(=O)(=O)N2CCCN(C)CCC2)c1. The first-order valence-electron chi connectivity index (χ1n) is 7.25. The predicted molar refractivity (Wildman–Crippen MR) is 83.3 cm³/mol. The van der Waals surface area contributed by atoms with Crippen LogP contribution in [0.1, 0.15) is 18.4 Å². The summed E-state index contributed by atoms with van der Waals surface area (Å²) in [7, 11) is -1.67. The van der Waals surface area contributed by atoms with E-state index in [-0.39, 0.29) is 10.6 Å². The molecule has 122 valence electrons. The number of rotatable bonds is 3. The van der Waals surface area contributed by atoms with Crippen LogP contribution in [0.15, 0.2) is 23.1 Å². The standard InChI is InChI=1S/C14H21N3O4S/c1-12-9-13(17(18)19)11-14(10-12)22(20,21)16-7-3-5-15(2)6-4-8-16/h9-11H,3-8H2,1-2H3. The molecule has 0 radical (unpaired) electrons. The third-order valence-electron chi connectivity index (χ3n) is 3.78. The zero-order valence-corrected chi connectivity index (χ0v) is 13.7. The Bertz CT molecular complexity index is 650. The van der Waals surface area contributed by atoms with E-state index in [0.29, 0.717) is 18.7 Å². The first-order valence-corrected chi connectivity index (χ1v) is 8.69. The molecule has 0 spiro atoms. The van der Waals surface area contributed by atoms with Crippen molar-refractivity contribution in [2.24, 2.45) is 0 Å². The van der Waals surface area contributed by atoms with Crippen molar-refractivity contribution in [3.63, 3.8) is 0 Å². The summed E-state index contributed by atoms with van der Waals surface area (Å²) >= 11 is 0. The van der Waals surface area contributed by atoms with Crippen LogP contribution >= 0.6 is 0 Å². The lowest BCUT2D eigenvalue weighted by molar-refractivity contribution is -0.385. The maximum atomic E-state index is 12.8. The summed E-state index contributed by atoms with van der Waals surface area (Å²) in [5, 5.41) is 10.9. The van der Waals surface area contributed by atoms with Gasteiger partial charge in [-0.2, -0.15) is 4.31 Å². The Kier molecular flexibility index (Phi) is 5.15. The number of hydrogen-bond acceptors (Lipinski definition) is 5. The fourth-order valence-electron chi connectivity index (χ4n) is 2.63. The highest BCUT2D eigenvalue weighted by Gasteiger charge is 2.27. The van der Waals surface area contributed by atoms with Crippen molar-refractivity contribution in [2.45, 2.75) is 24.7 Å². The van der Waals surface area contributed by atoms with Gasteiger partial charge in [-0.05, 0) is 51.5 Å². The number of sulfonamides is 1. The molecule has 0 aliphatic carbocycles. The molecule has 0 unspecified atom stereocenters. The molecule has 1 saturated heterocycles. The molecule has 1 aliphatic heterocycles. The quantitative estimate of drug-likeness (QED) is 0.622. The number of non-ortho nitro benzene ring substituents is 1. The number of benzene rings is 1. The summed E-state index contributed by atoms with van der Waals surface area (Å²) in [6.45, 7) is 4.23. The second-order valence-corrected chi connectivity index (χ2v) is 7.61. The largest absolute Gasteiger partial charge is 0.306 e. The van der Waals surface area contributed by atoms with Gasteiger partial charge in [0.2, 0.25) is 10.0 Å². The van der Waals surface area contributed by atoms with Gasteiger partial charge in [0.25, 0.3) is 5.69 Å². The van der Waals surface area contributed by atoms with Gasteiger partial charge in [0.05, 0.1) is 9.82 Å². The van der Waals surface area contributed by atoms with Gasteiger partial charge in [-0.15, -0.1) is 0 Å². The van der Waals surface area contributed by atoms with Crippen LogP contribution in [0.3, 0.4) is 0 Å². The Morgan fingerprint density at radius 1 is 1.09 bits per heavy atom. The van der Waals surface area contributed by atoms with Gasteiger partial charge in [0, 0.05) is 25.2 Å². The molecule has 8 heteroatoms. The number of nitrogens with zero attached hydrogens (tertiary/aromatic N) is 3. The van der Waals surface area contributed by atoms with Crippen LogP contribution in [0.4, 0.5) is 5.69 Å². The smallest absolute Gasteiger partial charge is 0.271 e. The molecule has 2 rings (SSSR count). The van der Waals surface area contributed by atoms with Crippen molar-refractivity contribution < 1.29 is 13.3 Å². The molecule has 7 nitrogen and oxygen atoms in total. The molecule has 0 amide bonds. The van der Waals surface area contributed by atoms with Crippen molar-refractivity contribution >= 4 is 15.7 Å². The molecule has 1 aliphatic rings.